The Morgan fingerprint density at radius 3 is 2.61 bits per heavy atom. The summed E-state index contributed by atoms with van der Waals surface area (Å²) in [7, 11) is 1.78. The lowest BCUT2D eigenvalue weighted by atomic mass is 9.93. The van der Waals surface area contributed by atoms with E-state index < -0.39 is 0 Å². The van der Waals surface area contributed by atoms with Crippen molar-refractivity contribution in [2.24, 2.45) is 0 Å². The molecule has 2 aliphatic rings. The Bertz CT molecular complexity index is 802. The standard InChI is InChI=1S/C22H32N4O2/c1-3-16-4-9-21-17(14-16)15-23-26(21)19-10-12-25(13-11-19)22(27)24-18-5-7-20(28-2)8-6-18/h4,9,14-15,18-20H,3,5-8,10-13H2,1-2H3,(H,24,27). The number of piperidine rings is 1. The van der Waals surface area contributed by atoms with Crippen LogP contribution in [-0.4, -0.2) is 53.1 Å². The third-order valence-electron chi connectivity index (χ3n) is 6.50. The first kappa shape index (κ1) is 19.2. The smallest absolute Gasteiger partial charge is 0.317 e. The van der Waals surface area contributed by atoms with Crippen molar-refractivity contribution in [2.45, 2.75) is 70.1 Å². The normalized spacial score (nSPS) is 23.9. The van der Waals surface area contributed by atoms with Gasteiger partial charge in [-0.15, -0.1) is 0 Å². The number of urea groups is 1. The van der Waals surface area contributed by atoms with Gasteiger partial charge in [0, 0.05) is 31.6 Å². The summed E-state index contributed by atoms with van der Waals surface area (Å²) in [6, 6.07) is 7.38. The predicted molar refractivity (Wildman–Crippen MR) is 111 cm³/mol. The summed E-state index contributed by atoms with van der Waals surface area (Å²) in [6.45, 7) is 3.76. The minimum absolute atomic E-state index is 0.0947. The minimum Gasteiger partial charge on any atom is -0.381 e. The van der Waals surface area contributed by atoms with E-state index in [-0.39, 0.29) is 6.03 Å². The van der Waals surface area contributed by atoms with Crippen molar-refractivity contribution in [3.8, 4) is 0 Å². The molecule has 2 fully saturated rings. The van der Waals surface area contributed by atoms with Gasteiger partial charge in [-0.3, -0.25) is 4.68 Å². The molecule has 0 bridgehead atoms. The van der Waals surface area contributed by atoms with Crippen LogP contribution < -0.4 is 5.32 Å². The number of amides is 2. The summed E-state index contributed by atoms with van der Waals surface area (Å²) in [5.41, 5.74) is 2.55. The maximum atomic E-state index is 12.7. The molecule has 0 atom stereocenters. The second-order valence-electron chi connectivity index (χ2n) is 8.21. The van der Waals surface area contributed by atoms with Crippen LogP contribution >= 0.6 is 0 Å². The van der Waals surface area contributed by atoms with Gasteiger partial charge in [0.25, 0.3) is 0 Å². The first-order valence-corrected chi connectivity index (χ1v) is 10.7. The predicted octanol–water partition coefficient (Wildman–Crippen LogP) is 3.90. The molecule has 1 aromatic heterocycles. The number of likely N-dealkylation sites (tertiary alicyclic amines) is 1. The molecule has 2 aromatic rings. The van der Waals surface area contributed by atoms with Crippen LogP contribution in [0.2, 0.25) is 0 Å². The molecule has 4 rings (SSSR count). The lowest BCUT2D eigenvalue weighted by Gasteiger charge is -2.35. The lowest BCUT2D eigenvalue weighted by Crippen LogP contribution is -2.49. The molecule has 0 radical (unpaired) electrons. The number of carbonyl (C=O) groups is 1. The average molecular weight is 385 g/mol. The summed E-state index contributed by atoms with van der Waals surface area (Å²) in [4.78, 5) is 14.6. The Hall–Kier alpha value is -2.08. The number of hydrogen-bond donors (Lipinski definition) is 1. The molecule has 1 saturated heterocycles. The summed E-state index contributed by atoms with van der Waals surface area (Å²) in [5.74, 6) is 0. The summed E-state index contributed by atoms with van der Waals surface area (Å²) >= 11 is 0. The molecule has 1 N–H and O–H groups in total. The zero-order valence-corrected chi connectivity index (χ0v) is 17.1. The Kier molecular flexibility index (Phi) is 5.85. The van der Waals surface area contributed by atoms with Crippen LogP contribution in [0.4, 0.5) is 4.79 Å². The molecule has 1 aliphatic carbocycles. The van der Waals surface area contributed by atoms with Gasteiger partial charge in [0.1, 0.15) is 0 Å². The second-order valence-corrected chi connectivity index (χ2v) is 8.21. The van der Waals surface area contributed by atoms with E-state index in [4.69, 9.17) is 4.74 Å². The van der Waals surface area contributed by atoms with Gasteiger partial charge in [-0.2, -0.15) is 5.10 Å². The van der Waals surface area contributed by atoms with Crippen LogP contribution in [0.3, 0.4) is 0 Å². The van der Waals surface area contributed by atoms with Gasteiger partial charge in [-0.05, 0) is 62.6 Å². The topological polar surface area (TPSA) is 59.4 Å². The van der Waals surface area contributed by atoms with Crippen molar-refractivity contribution in [3.63, 3.8) is 0 Å². The van der Waals surface area contributed by atoms with Crippen LogP contribution in [-0.2, 0) is 11.2 Å². The maximum Gasteiger partial charge on any atom is 0.317 e. The molecular weight excluding hydrogens is 352 g/mol. The van der Waals surface area contributed by atoms with Gasteiger partial charge in [0.15, 0.2) is 0 Å². The van der Waals surface area contributed by atoms with E-state index >= 15 is 0 Å². The van der Waals surface area contributed by atoms with Crippen molar-refractivity contribution >= 4 is 16.9 Å². The fourth-order valence-electron chi connectivity index (χ4n) is 4.64. The largest absolute Gasteiger partial charge is 0.381 e. The quantitative estimate of drug-likeness (QED) is 0.870. The zero-order valence-electron chi connectivity index (χ0n) is 17.1. The average Bonchev–Trinajstić information content (AvgIpc) is 3.17. The molecule has 152 valence electrons. The van der Waals surface area contributed by atoms with E-state index in [0.717, 1.165) is 58.0 Å². The molecule has 1 saturated carbocycles. The van der Waals surface area contributed by atoms with Crippen LogP contribution in [0, 0.1) is 0 Å². The number of nitrogens with one attached hydrogen (secondary N) is 1. The molecule has 0 spiro atoms. The number of aryl methyl sites for hydroxylation is 1. The van der Waals surface area contributed by atoms with Crippen LogP contribution in [0.15, 0.2) is 24.4 Å². The number of hydrogen-bond acceptors (Lipinski definition) is 3. The highest BCUT2D eigenvalue weighted by Gasteiger charge is 2.28. The Morgan fingerprint density at radius 2 is 1.93 bits per heavy atom. The van der Waals surface area contributed by atoms with Gasteiger partial charge < -0.3 is 15.0 Å². The van der Waals surface area contributed by atoms with Gasteiger partial charge in [-0.25, -0.2) is 4.79 Å². The Balaban J connectivity index is 1.31. The van der Waals surface area contributed by atoms with E-state index in [2.05, 4.69) is 40.2 Å². The van der Waals surface area contributed by atoms with Crippen LogP contribution in [0.1, 0.15) is 57.1 Å². The summed E-state index contributed by atoms with van der Waals surface area (Å²) in [6.07, 6.45) is 9.39. The first-order chi connectivity index (χ1) is 13.7. The van der Waals surface area contributed by atoms with Crippen molar-refractivity contribution in [1.82, 2.24) is 20.0 Å². The monoisotopic (exact) mass is 384 g/mol. The first-order valence-electron chi connectivity index (χ1n) is 10.7. The number of benzene rings is 1. The van der Waals surface area contributed by atoms with Gasteiger partial charge in [0.2, 0.25) is 0 Å². The number of nitrogens with zero attached hydrogens (tertiary/aromatic N) is 3. The zero-order chi connectivity index (χ0) is 19.5. The van der Waals surface area contributed by atoms with E-state index in [9.17, 15) is 4.79 Å². The van der Waals surface area contributed by atoms with Gasteiger partial charge in [-0.1, -0.05) is 13.0 Å². The SMILES string of the molecule is CCc1ccc2c(cnn2C2CCN(C(=O)NC3CCC(OC)CC3)CC2)c1. The molecular formula is C22H32N4O2. The summed E-state index contributed by atoms with van der Waals surface area (Å²) < 4.78 is 7.58. The third kappa shape index (κ3) is 4.02. The van der Waals surface area contributed by atoms with E-state index in [0.29, 0.717) is 18.2 Å². The number of rotatable bonds is 4. The van der Waals surface area contributed by atoms with Gasteiger partial charge in [0.05, 0.1) is 23.9 Å². The second kappa shape index (κ2) is 8.52. The van der Waals surface area contributed by atoms with E-state index in [1.807, 2.05) is 11.1 Å². The third-order valence-corrected chi connectivity index (χ3v) is 6.50. The minimum atomic E-state index is 0.0947. The maximum absolute atomic E-state index is 12.7. The van der Waals surface area contributed by atoms with Crippen molar-refractivity contribution in [3.05, 3.63) is 30.0 Å². The number of fused-ring (bicyclic) bond motifs is 1. The number of aromatic nitrogens is 2. The van der Waals surface area contributed by atoms with E-state index in [1.54, 1.807) is 7.11 Å². The molecule has 28 heavy (non-hydrogen) atoms. The molecule has 1 aliphatic heterocycles. The van der Waals surface area contributed by atoms with E-state index in [1.165, 1.54) is 16.5 Å². The molecule has 6 heteroatoms. The highest BCUT2D eigenvalue weighted by Crippen LogP contribution is 2.27. The highest BCUT2D eigenvalue weighted by atomic mass is 16.5. The lowest BCUT2D eigenvalue weighted by molar-refractivity contribution is 0.0624. The Morgan fingerprint density at radius 1 is 1.18 bits per heavy atom. The van der Waals surface area contributed by atoms with Crippen molar-refractivity contribution < 1.29 is 9.53 Å². The number of carbonyl (C=O) groups excluding carboxylic acids is 1. The molecule has 2 heterocycles. The molecule has 1 aromatic carbocycles. The number of ether oxygens (including phenoxy) is 1. The van der Waals surface area contributed by atoms with Crippen molar-refractivity contribution in [2.75, 3.05) is 20.2 Å². The fraction of sp³-hybridized carbons (Fsp3) is 0.636. The van der Waals surface area contributed by atoms with Crippen LogP contribution in [0.5, 0.6) is 0 Å². The number of methoxy groups -OCH3 is 1. The van der Waals surface area contributed by atoms with Gasteiger partial charge >= 0.3 is 6.03 Å². The molecule has 0 unspecified atom stereocenters. The highest BCUT2D eigenvalue weighted by molar-refractivity contribution is 5.79. The Labute approximate surface area is 167 Å². The molecule has 6 nitrogen and oxygen atoms in total. The summed E-state index contributed by atoms with van der Waals surface area (Å²) in [5, 5.41) is 9.11. The molecule has 2 amide bonds. The fourth-order valence-corrected chi connectivity index (χ4v) is 4.64. The van der Waals surface area contributed by atoms with Crippen LogP contribution in [0.25, 0.3) is 10.9 Å². The van der Waals surface area contributed by atoms with Crippen molar-refractivity contribution in [1.29, 1.82) is 0 Å².